The average Bonchev–Trinajstić information content (AvgIpc) is 3.18. The first kappa shape index (κ1) is 22.2. The van der Waals surface area contributed by atoms with E-state index in [1.165, 1.54) is 18.3 Å². The van der Waals surface area contributed by atoms with Gasteiger partial charge in [0.1, 0.15) is 18.5 Å². The van der Waals surface area contributed by atoms with E-state index >= 15 is 0 Å². The Hall–Kier alpha value is -2.01. The minimum Gasteiger partial charge on any atom is -0.488 e. The van der Waals surface area contributed by atoms with Crippen LogP contribution in [0.3, 0.4) is 0 Å². The van der Waals surface area contributed by atoms with Crippen molar-refractivity contribution < 1.29 is 34.7 Å². The second-order valence-electron chi connectivity index (χ2n) is 8.41. The molecule has 1 amide bonds. The quantitative estimate of drug-likeness (QED) is 0.465. The van der Waals surface area contributed by atoms with Crippen molar-refractivity contribution in [1.29, 1.82) is 0 Å². The third kappa shape index (κ3) is 4.48. The third-order valence-corrected chi connectivity index (χ3v) is 7.06. The fourth-order valence-corrected chi connectivity index (χ4v) is 5.17. The van der Waals surface area contributed by atoms with E-state index in [0.29, 0.717) is 11.5 Å². The van der Waals surface area contributed by atoms with Gasteiger partial charge in [-0.2, -0.15) is 0 Å². The van der Waals surface area contributed by atoms with E-state index in [-0.39, 0.29) is 18.9 Å². The van der Waals surface area contributed by atoms with Crippen LogP contribution < -0.4 is 10.1 Å². The lowest BCUT2D eigenvalue weighted by Gasteiger charge is -2.44. The van der Waals surface area contributed by atoms with Gasteiger partial charge in [0.05, 0.1) is 23.2 Å². The third-order valence-electron chi connectivity index (χ3n) is 5.85. The summed E-state index contributed by atoms with van der Waals surface area (Å²) < 4.78 is 11.2. The molecule has 4 unspecified atom stereocenters. The number of thiophene rings is 1. The first-order valence-electron chi connectivity index (χ1n) is 10.2. The summed E-state index contributed by atoms with van der Waals surface area (Å²) in [5, 5.41) is 43.8. The van der Waals surface area contributed by atoms with Crippen molar-refractivity contribution in [2.24, 2.45) is 5.92 Å². The van der Waals surface area contributed by atoms with E-state index in [1.54, 1.807) is 13.0 Å². The van der Waals surface area contributed by atoms with Crippen LogP contribution in [-0.4, -0.2) is 63.1 Å². The summed E-state index contributed by atoms with van der Waals surface area (Å²) >= 11 is 1.35. The molecule has 0 bridgehead atoms. The molecule has 1 aromatic carbocycles. The van der Waals surface area contributed by atoms with Gasteiger partial charge in [-0.1, -0.05) is 19.1 Å². The highest BCUT2D eigenvalue weighted by Gasteiger charge is 2.45. The molecule has 1 aromatic heterocycles. The normalized spacial score (nSPS) is 29.3. The van der Waals surface area contributed by atoms with Gasteiger partial charge in [0.25, 0.3) is 5.91 Å². The van der Waals surface area contributed by atoms with Crippen LogP contribution in [0.15, 0.2) is 30.3 Å². The van der Waals surface area contributed by atoms with Gasteiger partial charge in [-0.3, -0.25) is 4.79 Å². The highest BCUT2D eigenvalue weighted by molar-refractivity contribution is 7.17. The molecular formula is C22H27NO7S. The monoisotopic (exact) mass is 449 g/mol. The minimum atomic E-state index is -1.60. The maximum absolute atomic E-state index is 12.7. The van der Waals surface area contributed by atoms with Crippen LogP contribution in [0.1, 0.15) is 35.5 Å². The number of rotatable bonds is 5. The first-order valence-corrected chi connectivity index (χ1v) is 11.1. The molecule has 0 saturated carbocycles. The zero-order valence-electron chi connectivity index (χ0n) is 17.3. The molecule has 4 rings (SSSR count). The molecular weight excluding hydrogens is 422 g/mol. The molecule has 168 valence electrons. The highest BCUT2D eigenvalue weighted by Crippen LogP contribution is 2.42. The Balaban J connectivity index is 1.40. The number of amides is 1. The number of carbonyl (C=O) groups is 1. The van der Waals surface area contributed by atoms with Crippen molar-refractivity contribution in [2.75, 3.05) is 6.54 Å². The summed E-state index contributed by atoms with van der Waals surface area (Å²) in [6.45, 7) is 3.25. The largest absolute Gasteiger partial charge is 0.488 e. The maximum atomic E-state index is 12.7. The van der Waals surface area contributed by atoms with E-state index in [0.717, 1.165) is 21.8 Å². The standard InChI is InChI=1S/C22H27NO7S/c1-11-14(24)8-22(2,28)30-19(11)18(26)15(25)9-23-21(27)17-7-12-10-29-16-6-4-3-5-13(16)20(12)31-17/h3-7,11,14-15,18-19,24-26,28H,8-10H2,1-2H3,(H,23,27)/t11-,14?,15?,18?,19?,22+/m1/s1. The lowest BCUT2D eigenvalue weighted by molar-refractivity contribution is -0.299. The Morgan fingerprint density at radius 3 is 2.87 bits per heavy atom. The first-order chi connectivity index (χ1) is 14.7. The van der Waals surface area contributed by atoms with Gasteiger partial charge in [0.2, 0.25) is 0 Å². The number of hydrogen-bond acceptors (Lipinski definition) is 8. The van der Waals surface area contributed by atoms with Crippen molar-refractivity contribution in [3.05, 3.63) is 40.8 Å². The number of ether oxygens (including phenoxy) is 2. The van der Waals surface area contributed by atoms with Gasteiger partial charge in [-0.15, -0.1) is 11.3 Å². The summed E-state index contributed by atoms with van der Waals surface area (Å²) in [4.78, 5) is 14.1. The van der Waals surface area contributed by atoms with Crippen LogP contribution in [0.4, 0.5) is 0 Å². The molecule has 2 aliphatic heterocycles. The predicted molar refractivity (Wildman–Crippen MR) is 114 cm³/mol. The predicted octanol–water partition coefficient (Wildman–Crippen LogP) is 1.25. The zero-order valence-corrected chi connectivity index (χ0v) is 18.1. The molecule has 31 heavy (non-hydrogen) atoms. The summed E-state index contributed by atoms with van der Waals surface area (Å²) in [7, 11) is 0. The van der Waals surface area contributed by atoms with Crippen molar-refractivity contribution >= 4 is 17.2 Å². The molecule has 0 spiro atoms. The molecule has 1 fully saturated rings. The molecule has 0 aliphatic carbocycles. The Labute approximate surface area is 184 Å². The number of carbonyl (C=O) groups excluding carboxylic acids is 1. The van der Waals surface area contributed by atoms with E-state index in [1.807, 2.05) is 24.3 Å². The average molecular weight is 450 g/mol. The lowest BCUT2D eigenvalue weighted by Crippen LogP contribution is -2.57. The number of para-hydroxylation sites is 1. The smallest absolute Gasteiger partial charge is 0.261 e. The molecule has 2 aliphatic rings. The van der Waals surface area contributed by atoms with Crippen LogP contribution in [0.5, 0.6) is 5.75 Å². The molecule has 6 atom stereocenters. The second kappa shape index (κ2) is 8.50. The number of nitrogens with one attached hydrogen (secondary N) is 1. The van der Waals surface area contributed by atoms with Gasteiger partial charge < -0.3 is 35.2 Å². The van der Waals surface area contributed by atoms with Crippen LogP contribution >= 0.6 is 11.3 Å². The molecule has 9 heteroatoms. The summed E-state index contributed by atoms with van der Waals surface area (Å²) in [6.07, 6.45) is -4.58. The Morgan fingerprint density at radius 2 is 2.10 bits per heavy atom. The van der Waals surface area contributed by atoms with Gasteiger partial charge in [0.15, 0.2) is 5.79 Å². The van der Waals surface area contributed by atoms with Crippen LogP contribution in [0, 0.1) is 5.92 Å². The van der Waals surface area contributed by atoms with Gasteiger partial charge in [-0.25, -0.2) is 0 Å². The Morgan fingerprint density at radius 1 is 1.35 bits per heavy atom. The number of aliphatic hydroxyl groups excluding tert-OH is 3. The lowest BCUT2D eigenvalue weighted by atomic mass is 9.85. The van der Waals surface area contributed by atoms with Gasteiger partial charge in [-0.05, 0) is 25.1 Å². The van der Waals surface area contributed by atoms with Crippen molar-refractivity contribution in [3.8, 4) is 16.2 Å². The van der Waals surface area contributed by atoms with E-state index in [4.69, 9.17) is 9.47 Å². The van der Waals surface area contributed by atoms with Crippen molar-refractivity contribution in [3.63, 3.8) is 0 Å². The maximum Gasteiger partial charge on any atom is 0.261 e. The SMILES string of the molecule is C[C@@H]1C(O)C[C@@](C)(O)OC1C(O)C(O)CNC(=O)c1cc2c(s1)-c1ccccc1OC2. The second-order valence-corrected chi connectivity index (χ2v) is 9.46. The van der Waals surface area contributed by atoms with Gasteiger partial charge >= 0.3 is 0 Å². The van der Waals surface area contributed by atoms with Crippen LogP contribution in [0.2, 0.25) is 0 Å². The minimum absolute atomic E-state index is 0.0140. The summed E-state index contributed by atoms with van der Waals surface area (Å²) in [5.41, 5.74) is 1.87. The van der Waals surface area contributed by atoms with Gasteiger partial charge in [0, 0.05) is 34.9 Å². The van der Waals surface area contributed by atoms with E-state index < -0.39 is 36.1 Å². The number of fused-ring (bicyclic) bond motifs is 3. The Kier molecular flexibility index (Phi) is 6.08. The number of aliphatic hydroxyl groups is 4. The number of benzene rings is 1. The fraction of sp³-hybridized carbons (Fsp3) is 0.500. The van der Waals surface area contributed by atoms with Crippen molar-refractivity contribution in [2.45, 2.75) is 57.1 Å². The molecule has 5 N–H and O–H groups in total. The highest BCUT2D eigenvalue weighted by atomic mass is 32.1. The summed E-state index contributed by atoms with van der Waals surface area (Å²) in [5.74, 6) is -1.69. The van der Waals surface area contributed by atoms with E-state index in [2.05, 4.69) is 5.32 Å². The van der Waals surface area contributed by atoms with Crippen molar-refractivity contribution in [1.82, 2.24) is 5.32 Å². The van der Waals surface area contributed by atoms with Crippen LogP contribution in [0.25, 0.3) is 10.4 Å². The Bertz CT molecular complexity index is 959. The topological polar surface area (TPSA) is 128 Å². The summed E-state index contributed by atoms with van der Waals surface area (Å²) in [6, 6.07) is 9.41. The number of hydrogen-bond donors (Lipinski definition) is 5. The fourth-order valence-electron chi connectivity index (χ4n) is 4.06. The molecule has 3 heterocycles. The molecule has 2 aromatic rings. The van der Waals surface area contributed by atoms with Crippen LogP contribution in [-0.2, 0) is 11.3 Å². The molecule has 8 nitrogen and oxygen atoms in total. The molecule has 1 saturated heterocycles. The van der Waals surface area contributed by atoms with E-state index in [9.17, 15) is 25.2 Å². The molecule has 0 radical (unpaired) electrons. The zero-order chi connectivity index (χ0) is 22.3.